The number of aryl methyl sites for hydroxylation is 1. The minimum atomic E-state index is -0.139. The summed E-state index contributed by atoms with van der Waals surface area (Å²) in [5.74, 6) is 0.406. The van der Waals surface area contributed by atoms with Crippen molar-refractivity contribution in [3.63, 3.8) is 0 Å². The van der Waals surface area contributed by atoms with E-state index in [0.717, 1.165) is 40.7 Å². The summed E-state index contributed by atoms with van der Waals surface area (Å²) < 4.78 is 3.31. The number of halogens is 1. The number of para-hydroxylation sites is 1. The van der Waals surface area contributed by atoms with E-state index < -0.39 is 0 Å². The molecule has 0 radical (unpaired) electrons. The van der Waals surface area contributed by atoms with E-state index in [1.54, 1.807) is 15.6 Å². The van der Waals surface area contributed by atoms with E-state index >= 15 is 0 Å². The molecule has 0 amide bonds. The third kappa shape index (κ3) is 2.92. The van der Waals surface area contributed by atoms with E-state index in [4.69, 9.17) is 16.7 Å². The molecule has 1 aliphatic rings. The summed E-state index contributed by atoms with van der Waals surface area (Å²) in [4.78, 5) is 13.4. The number of benzene rings is 2. The largest absolute Gasteiger partial charge is 0.293 e. The maximum atomic E-state index is 13.4. The van der Waals surface area contributed by atoms with Crippen LogP contribution in [0.1, 0.15) is 35.6 Å². The molecule has 0 N–H and O–H groups in total. The van der Waals surface area contributed by atoms with Gasteiger partial charge in [0.05, 0.1) is 24.1 Å². The Kier molecular flexibility index (Phi) is 4.05. The first-order valence-corrected chi connectivity index (χ1v) is 9.79. The molecule has 28 heavy (non-hydrogen) atoms. The van der Waals surface area contributed by atoms with Crippen LogP contribution in [0.25, 0.3) is 16.6 Å². The Labute approximate surface area is 167 Å². The van der Waals surface area contributed by atoms with Crippen molar-refractivity contribution in [1.82, 2.24) is 19.6 Å². The molecule has 0 atom stereocenters. The minimum Gasteiger partial charge on any atom is -0.265 e. The molecular weight excluding hydrogens is 372 g/mol. The highest BCUT2D eigenvalue weighted by Crippen LogP contribution is 2.41. The third-order valence-electron chi connectivity index (χ3n) is 5.24. The summed E-state index contributed by atoms with van der Waals surface area (Å²) in [6.45, 7) is 2.41. The van der Waals surface area contributed by atoms with Crippen molar-refractivity contribution < 1.29 is 0 Å². The van der Waals surface area contributed by atoms with Crippen molar-refractivity contribution in [1.29, 1.82) is 0 Å². The first-order chi connectivity index (χ1) is 13.6. The van der Waals surface area contributed by atoms with Gasteiger partial charge in [0.2, 0.25) is 0 Å². The molecule has 1 saturated carbocycles. The molecule has 2 aromatic carbocycles. The quantitative estimate of drug-likeness (QED) is 0.516. The predicted molar refractivity (Wildman–Crippen MR) is 110 cm³/mol. The molecule has 5 rings (SSSR count). The van der Waals surface area contributed by atoms with E-state index in [-0.39, 0.29) is 5.56 Å². The van der Waals surface area contributed by atoms with Gasteiger partial charge < -0.3 is 0 Å². The van der Waals surface area contributed by atoms with Crippen molar-refractivity contribution in [2.75, 3.05) is 0 Å². The van der Waals surface area contributed by atoms with Gasteiger partial charge in [0.15, 0.2) is 0 Å². The third-order valence-corrected chi connectivity index (χ3v) is 5.47. The van der Waals surface area contributed by atoms with Crippen LogP contribution in [0, 0.1) is 6.92 Å². The van der Waals surface area contributed by atoms with Gasteiger partial charge in [-0.05, 0) is 49.1 Å². The summed E-state index contributed by atoms with van der Waals surface area (Å²) in [5.41, 5.74) is 4.35. The Morgan fingerprint density at radius 3 is 2.71 bits per heavy atom. The van der Waals surface area contributed by atoms with Crippen LogP contribution < -0.4 is 5.56 Å². The molecule has 140 valence electrons. The van der Waals surface area contributed by atoms with Gasteiger partial charge in [-0.3, -0.25) is 4.79 Å². The van der Waals surface area contributed by atoms with Crippen LogP contribution in [-0.4, -0.2) is 19.6 Å². The number of fused-ring (bicyclic) bond motifs is 1. The van der Waals surface area contributed by atoms with Gasteiger partial charge in [0.1, 0.15) is 5.52 Å². The summed E-state index contributed by atoms with van der Waals surface area (Å²) in [6, 6.07) is 15.5. The van der Waals surface area contributed by atoms with Crippen molar-refractivity contribution in [3.05, 3.63) is 86.9 Å². The molecule has 0 aliphatic heterocycles. The summed E-state index contributed by atoms with van der Waals surface area (Å²) in [5, 5.41) is 10.8. The molecule has 0 saturated heterocycles. The van der Waals surface area contributed by atoms with Crippen LogP contribution in [0.15, 0.2) is 59.5 Å². The number of hydrogen-bond donors (Lipinski definition) is 0. The zero-order chi connectivity index (χ0) is 19.3. The Balaban J connectivity index is 1.74. The smallest absolute Gasteiger partial charge is 0.265 e. The molecule has 2 aromatic heterocycles. The van der Waals surface area contributed by atoms with Gasteiger partial charge in [-0.2, -0.15) is 10.2 Å². The van der Waals surface area contributed by atoms with E-state index in [2.05, 4.69) is 5.10 Å². The maximum Gasteiger partial charge on any atom is 0.293 e. The molecular formula is C22H19ClN4O. The van der Waals surface area contributed by atoms with Crippen LogP contribution in [0.4, 0.5) is 0 Å². The standard InChI is InChI=1S/C22H19ClN4O/c1-14-5-2-3-8-19(14)27-21-18(12-24-27)20(16-9-10-16)25-26(22(21)28)13-15-6-4-7-17(23)11-15/h2-8,11-12,16H,9-10,13H2,1H3. The van der Waals surface area contributed by atoms with Gasteiger partial charge in [0, 0.05) is 16.3 Å². The molecule has 1 aliphatic carbocycles. The fourth-order valence-electron chi connectivity index (χ4n) is 3.65. The van der Waals surface area contributed by atoms with Gasteiger partial charge in [-0.15, -0.1) is 0 Å². The van der Waals surface area contributed by atoms with Gasteiger partial charge >= 0.3 is 0 Å². The second-order valence-electron chi connectivity index (χ2n) is 7.36. The summed E-state index contributed by atoms with van der Waals surface area (Å²) in [6.07, 6.45) is 3.99. The number of aromatic nitrogens is 4. The van der Waals surface area contributed by atoms with Crippen LogP contribution in [-0.2, 0) is 6.54 Å². The van der Waals surface area contributed by atoms with Crippen LogP contribution in [0.2, 0.25) is 5.02 Å². The van der Waals surface area contributed by atoms with Gasteiger partial charge in [-0.25, -0.2) is 9.36 Å². The molecule has 4 aromatic rings. The average Bonchev–Trinajstić information content (AvgIpc) is 3.43. The maximum absolute atomic E-state index is 13.4. The number of hydrogen-bond acceptors (Lipinski definition) is 3. The highest BCUT2D eigenvalue weighted by Gasteiger charge is 2.30. The first-order valence-electron chi connectivity index (χ1n) is 9.41. The van der Waals surface area contributed by atoms with Gasteiger partial charge in [0.25, 0.3) is 5.56 Å². The lowest BCUT2D eigenvalue weighted by Crippen LogP contribution is -2.26. The van der Waals surface area contributed by atoms with Gasteiger partial charge in [-0.1, -0.05) is 41.9 Å². The zero-order valence-corrected chi connectivity index (χ0v) is 16.2. The normalized spacial score (nSPS) is 13.9. The Hall–Kier alpha value is -2.92. The fraction of sp³-hybridized carbons (Fsp3) is 0.227. The average molecular weight is 391 g/mol. The second kappa shape index (κ2) is 6.60. The summed E-state index contributed by atoms with van der Waals surface area (Å²) >= 11 is 6.12. The lowest BCUT2D eigenvalue weighted by Gasteiger charge is -2.11. The topological polar surface area (TPSA) is 52.7 Å². The molecule has 0 unspecified atom stereocenters. The SMILES string of the molecule is Cc1ccccc1-n1ncc2c(C3CC3)nn(Cc3cccc(Cl)c3)c(=O)c21. The van der Waals surface area contributed by atoms with Crippen LogP contribution in [0.5, 0.6) is 0 Å². The molecule has 1 fully saturated rings. The Bertz CT molecular complexity index is 1250. The summed E-state index contributed by atoms with van der Waals surface area (Å²) in [7, 11) is 0. The van der Waals surface area contributed by atoms with E-state index in [1.165, 1.54) is 0 Å². The molecule has 2 heterocycles. The highest BCUT2D eigenvalue weighted by atomic mass is 35.5. The zero-order valence-electron chi connectivity index (χ0n) is 15.5. The van der Waals surface area contributed by atoms with Crippen molar-refractivity contribution in [3.8, 4) is 5.69 Å². The van der Waals surface area contributed by atoms with Crippen molar-refractivity contribution >= 4 is 22.5 Å². The predicted octanol–water partition coefficient (Wildman–Crippen LogP) is 4.47. The van der Waals surface area contributed by atoms with E-state index in [0.29, 0.717) is 23.0 Å². The number of nitrogens with zero attached hydrogens (tertiary/aromatic N) is 4. The Morgan fingerprint density at radius 2 is 1.96 bits per heavy atom. The van der Waals surface area contributed by atoms with E-state index in [1.807, 2.05) is 55.5 Å². The first kappa shape index (κ1) is 17.2. The fourth-order valence-corrected chi connectivity index (χ4v) is 3.86. The monoisotopic (exact) mass is 390 g/mol. The highest BCUT2D eigenvalue weighted by molar-refractivity contribution is 6.30. The van der Waals surface area contributed by atoms with Crippen molar-refractivity contribution in [2.24, 2.45) is 0 Å². The lowest BCUT2D eigenvalue weighted by molar-refractivity contribution is 0.626. The minimum absolute atomic E-state index is 0.139. The molecule has 0 spiro atoms. The lowest BCUT2D eigenvalue weighted by atomic mass is 10.1. The van der Waals surface area contributed by atoms with Crippen molar-refractivity contribution in [2.45, 2.75) is 32.2 Å². The van der Waals surface area contributed by atoms with Crippen LogP contribution in [0.3, 0.4) is 0 Å². The van der Waals surface area contributed by atoms with Crippen LogP contribution >= 0.6 is 11.6 Å². The molecule has 5 nitrogen and oxygen atoms in total. The number of rotatable bonds is 4. The second-order valence-corrected chi connectivity index (χ2v) is 7.79. The Morgan fingerprint density at radius 1 is 1.14 bits per heavy atom. The van der Waals surface area contributed by atoms with E-state index in [9.17, 15) is 4.79 Å². The molecule has 6 heteroatoms. The molecule has 0 bridgehead atoms.